The molecule has 0 rings (SSSR count). The van der Waals surface area contributed by atoms with Gasteiger partial charge in [-0.3, -0.25) is 4.79 Å². The van der Waals surface area contributed by atoms with Gasteiger partial charge in [-0.05, 0) is 6.42 Å². The Bertz CT molecular complexity index is 198. The zero-order chi connectivity index (χ0) is 11.4. The zero-order valence-electron chi connectivity index (χ0n) is 9.25. The van der Waals surface area contributed by atoms with Crippen molar-refractivity contribution in [3.05, 3.63) is 0 Å². The fourth-order valence-corrected chi connectivity index (χ4v) is 0.929. The summed E-state index contributed by atoms with van der Waals surface area (Å²) in [6.45, 7) is 4.34. The normalized spacial score (nSPS) is 9.60. The molecule has 0 atom stereocenters. The number of ether oxygens (including phenoxy) is 2. The van der Waals surface area contributed by atoms with Crippen LogP contribution in [0.3, 0.4) is 0 Å². The summed E-state index contributed by atoms with van der Waals surface area (Å²) in [4.78, 5) is 11.0. The van der Waals surface area contributed by atoms with Gasteiger partial charge in [0.15, 0.2) is 0 Å². The highest BCUT2D eigenvalue weighted by atomic mass is 16.5. The van der Waals surface area contributed by atoms with Gasteiger partial charge in [-0.15, -0.1) is 6.42 Å². The second-order valence-corrected chi connectivity index (χ2v) is 2.97. The Kier molecular flexibility index (Phi) is 10.3. The number of carbonyl (C=O) groups excluding carboxylic acids is 1. The second kappa shape index (κ2) is 11.0. The quantitative estimate of drug-likeness (QED) is 0.450. The van der Waals surface area contributed by atoms with Crippen molar-refractivity contribution >= 4 is 5.91 Å². The maximum absolute atomic E-state index is 11.0. The Balaban J connectivity index is 3.05. The molecule has 86 valence electrons. The van der Waals surface area contributed by atoms with Crippen LogP contribution in [0.4, 0.5) is 0 Å². The van der Waals surface area contributed by atoms with Crippen LogP contribution in [0.5, 0.6) is 0 Å². The Morgan fingerprint density at radius 1 is 1.33 bits per heavy atom. The highest BCUT2D eigenvalue weighted by Gasteiger charge is 1.96. The number of nitrogens with one attached hydrogen (secondary N) is 1. The third-order valence-corrected chi connectivity index (χ3v) is 1.60. The SMILES string of the molecule is C#CCOCCOCCNC(=O)CCC. The molecule has 4 heteroatoms. The molecule has 0 aliphatic carbocycles. The number of carbonyl (C=O) groups is 1. The predicted octanol–water partition coefficient (Wildman–Crippen LogP) is 0.569. The molecule has 0 radical (unpaired) electrons. The summed E-state index contributed by atoms with van der Waals surface area (Å²) >= 11 is 0. The van der Waals surface area contributed by atoms with Gasteiger partial charge >= 0.3 is 0 Å². The van der Waals surface area contributed by atoms with E-state index in [-0.39, 0.29) is 5.91 Å². The summed E-state index contributed by atoms with van der Waals surface area (Å²) in [5.41, 5.74) is 0. The van der Waals surface area contributed by atoms with Gasteiger partial charge in [0.2, 0.25) is 5.91 Å². The number of amides is 1. The first-order valence-corrected chi connectivity index (χ1v) is 5.17. The highest BCUT2D eigenvalue weighted by molar-refractivity contribution is 5.75. The Morgan fingerprint density at radius 3 is 2.73 bits per heavy atom. The minimum atomic E-state index is 0.0738. The van der Waals surface area contributed by atoms with Crippen molar-refractivity contribution in [3.8, 4) is 12.3 Å². The molecule has 0 aromatic heterocycles. The van der Waals surface area contributed by atoms with Crippen LogP contribution in [-0.2, 0) is 14.3 Å². The molecule has 0 aliphatic heterocycles. The summed E-state index contributed by atoms with van der Waals surface area (Å²) in [7, 11) is 0. The van der Waals surface area contributed by atoms with Gasteiger partial charge in [-0.25, -0.2) is 0 Å². The van der Waals surface area contributed by atoms with Crippen LogP contribution in [0, 0.1) is 12.3 Å². The fraction of sp³-hybridized carbons (Fsp3) is 0.727. The largest absolute Gasteiger partial charge is 0.377 e. The molecule has 0 saturated carbocycles. The van der Waals surface area contributed by atoms with Gasteiger partial charge in [0.05, 0.1) is 19.8 Å². The molecule has 0 fully saturated rings. The van der Waals surface area contributed by atoms with Crippen molar-refractivity contribution in [1.82, 2.24) is 5.32 Å². The van der Waals surface area contributed by atoms with Crippen LogP contribution >= 0.6 is 0 Å². The molecule has 0 bridgehead atoms. The lowest BCUT2D eigenvalue weighted by Crippen LogP contribution is -2.27. The van der Waals surface area contributed by atoms with E-state index in [9.17, 15) is 4.79 Å². The fourth-order valence-electron chi connectivity index (χ4n) is 0.929. The Hall–Kier alpha value is -1.05. The molecule has 0 spiro atoms. The summed E-state index contributed by atoms with van der Waals surface area (Å²) < 4.78 is 10.2. The number of terminal acetylenes is 1. The van der Waals surface area contributed by atoms with Gasteiger partial charge in [0, 0.05) is 13.0 Å². The topological polar surface area (TPSA) is 47.6 Å². The molecule has 0 aliphatic rings. The molecule has 15 heavy (non-hydrogen) atoms. The van der Waals surface area contributed by atoms with Crippen molar-refractivity contribution in [3.63, 3.8) is 0 Å². The molecule has 1 N–H and O–H groups in total. The van der Waals surface area contributed by atoms with E-state index in [2.05, 4.69) is 11.2 Å². The van der Waals surface area contributed by atoms with Crippen molar-refractivity contribution in [2.45, 2.75) is 19.8 Å². The lowest BCUT2D eigenvalue weighted by Gasteiger charge is -2.05. The van der Waals surface area contributed by atoms with Crippen LogP contribution in [-0.4, -0.2) is 38.9 Å². The van der Waals surface area contributed by atoms with E-state index in [0.717, 1.165) is 6.42 Å². The van der Waals surface area contributed by atoms with Gasteiger partial charge in [-0.2, -0.15) is 0 Å². The molecular formula is C11H19NO3. The predicted molar refractivity (Wildman–Crippen MR) is 58.4 cm³/mol. The van der Waals surface area contributed by atoms with E-state index < -0.39 is 0 Å². The van der Waals surface area contributed by atoms with Gasteiger partial charge in [0.25, 0.3) is 0 Å². The zero-order valence-corrected chi connectivity index (χ0v) is 9.25. The Labute approximate surface area is 91.3 Å². The first-order valence-electron chi connectivity index (χ1n) is 5.17. The second-order valence-electron chi connectivity index (χ2n) is 2.97. The third-order valence-electron chi connectivity index (χ3n) is 1.60. The van der Waals surface area contributed by atoms with E-state index in [0.29, 0.717) is 39.4 Å². The van der Waals surface area contributed by atoms with Crippen LogP contribution < -0.4 is 5.32 Å². The highest BCUT2D eigenvalue weighted by Crippen LogP contribution is 1.85. The van der Waals surface area contributed by atoms with Crippen molar-refractivity contribution in [2.75, 3.05) is 33.0 Å². The van der Waals surface area contributed by atoms with Crippen molar-refractivity contribution < 1.29 is 14.3 Å². The summed E-state index contributed by atoms with van der Waals surface area (Å²) in [6, 6.07) is 0. The number of rotatable bonds is 9. The minimum absolute atomic E-state index is 0.0738. The van der Waals surface area contributed by atoms with Crippen LogP contribution in [0.1, 0.15) is 19.8 Å². The van der Waals surface area contributed by atoms with Gasteiger partial charge in [0.1, 0.15) is 6.61 Å². The maximum Gasteiger partial charge on any atom is 0.220 e. The average Bonchev–Trinajstić information content (AvgIpc) is 2.22. The summed E-state index contributed by atoms with van der Waals surface area (Å²) in [5.74, 6) is 2.44. The number of hydrogen-bond donors (Lipinski definition) is 1. The minimum Gasteiger partial charge on any atom is -0.377 e. The van der Waals surface area contributed by atoms with Gasteiger partial charge < -0.3 is 14.8 Å². The lowest BCUT2D eigenvalue weighted by molar-refractivity contribution is -0.121. The van der Waals surface area contributed by atoms with Crippen LogP contribution in [0.2, 0.25) is 0 Å². The van der Waals surface area contributed by atoms with Crippen molar-refractivity contribution in [2.24, 2.45) is 0 Å². The summed E-state index contributed by atoms with van der Waals surface area (Å²) in [6.07, 6.45) is 6.43. The first-order chi connectivity index (χ1) is 7.31. The number of hydrogen-bond acceptors (Lipinski definition) is 3. The molecule has 0 heterocycles. The van der Waals surface area contributed by atoms with E-state index in [1.54, 1.807) is 0 Å². The average molecular weight is 213 g/mol. The molecule has 0 saturated heterocycles. The standard InChI is InChI=1S/C11H19NO3/c1-3-5-11(13)12-6-8-15-10-9-14-7-4-2/h2H,3,5-10H2,1H3,(H,12,13). The molecular weight excluding hydrogens is 194 g/mol. The smallest absolute Gasteiger partial charge is 0.220 e. The summed E-state index contributed by atoms with van der Waals surface area (Å²) in [5, 5.41) is 2.75. The molecule has 0 aromatic rings. The van der Waals surface area contributed by atoms with E-state index in [1.807, 2.05) is 6.92 Å². The molecule has 1 amide bonds. The monoisotopic (exact) mass is 213 g/mol. The maximum atomic E-state index is 11.0. The van der Waals surface area contributed by atoms with E-state index in [4.69, 9.17) is 15.9 Å². The van der Waals surface area contributed by atoms with Crippen molar-refractivity contribution in [1.29, 1.82) is 0 Å². The third kappa shape index (κ3) is 10.9. The van der Waals surface area contributed by atoms with Crippen LogP contribution in [0.15, 0.2) is 0 Å². The van der Waals surface area contributed by atoms with E-state index >= 15 is 0 Å². The first kappa shape index (κ1) is 13.9. The van der Waals surface area contributed by atoms with Gasteiger partial charge in [-0.1, -0.05) is 12.8 Å². The lowest BCUT2D eigenvalue weighted by atomic mass is 10.3. The van der Waals surface area contributed by atoms with Crippen LogP contribution in [0.25, 0.3) is 0 Å². The molecule has 0 unspecified atom stereocenters. The molecule has 0 aromatic carbocycles. The van der Waals surface area contributed by atoms with E-state index in [1.165, 1.54) is 0 Å². The Morgan fingerprint density at radius 2 is 2.07 bits per heavy atom. The molecule has 4 nitrogen and oxygen atoms in total.